The number of aromatic nitrogens is 1. The zero-order valence-electron chi connectivity index (χ0n) is 11.8. The number of carbonyl (C=O) groups excluding carboxylic acids is 1. The van der Waals surface area contributed by atoms with Crippen LogP contribution in [-0.4, -0.2) is 25.2 Å². The Morgan fingerprint density at radius 2 is 1.95 bits per heavy atom. The average Bonchev–Trinajstić information content (AvgIpc) is 2.81. The molecule has 6 nitrogen and oxygen atoms in total. The van der Waals surface area contributed by atoms with Crippen LogP contribution in [0.4, 0.5) is 0 Å². The summed E-state index contributed by atoms with van der Waals surface area (Å²) in [4.78, 5) is 12.2. The predicted molar refractivity (Wildman–Crippen MR) is 78.2 cm³/mol. The summed E-state index contributed by atoms with van der Waals surface area (Å²) in [5.41, 5.74) is 1.16. The van der Waals surface area contributed by atoms with E-state index >= 15 is 0 Å². The van der Waals surface area contributed by atoms with Crippen LogP contribution in [0.5, 0.6) is 0 Å². The van der Waals surface area contributed by atoms with Gasteiger partial charge in [-0.15, -0.1) is 0 Å². The topological polar surface area (TPSA) is 89.3 Å². The van der Waals surface area contributed by atoms with Crippen LogP contribution in [0.15, 0.2) is 34.9 Å². The number of rotatable bonds is 5. The molecule has 0 unspecified atom stereocenters. The highest BCUT2D eigenvalue weighted by Crippen LogP contribution is 2.25. The molecule has 0 aliphatic carbocycles. The summed E-state index contributed by atoms with van der Waals surface area (Å²) < 4.78 is 30.5. The lowest BCUT2D eigenvalue weighted by atomic mass is 10.1. The molecule has 1 aromatic carbocycles. The number of amides is 1. The third kappa shape index (κ3) is 3.49. The molecular formula is C14H16N2O4S. The zero-order chi connectivity index (χ0) is 15.5. The van der Waals surface area contributed by atoms with Gasteiger partial charge in [0.05, 0.1) is 5.75 Å². The number of benzene rings is 1. The summed E-state index contributed by atoms with van der Waals surface area (Å²) in [5.74, 6) is -0.553. The van der Waals surface area contributed by atoms with Gasteiger partial charge in [-0.2, -0.15) is 0 Å². The molecule has 2 rings (SSSR count). The molecule has 112 valence electrons. The summed E-state index contributed by atoms with van der Waals surface area (Å²) in [6.07, 6.45) is 0.427. The molecule has 0 saturated carbocycles. The fraction of sp³-hybridized carbons (Fsp3) is 0.286. The van der Waals surface area contributed by atoms with E-state index in [0.717, 1.165) is 0 Å². The number of carbonyl (C=O) groups is 1. The van der Waals surface area contributed by atoms with Crippen LogP contribution in [0, 0.1) is 6.92 Å². The van der Waals surface area contributed by atoms with Gasteiger partial charge >= 0.3 is 0 Å². The van der Waals surface area contributed by atoms with Crippen LogP contribution in [0.1, 0.15) is 29.5 Å². The Labute approximate surface area is 123 Å². The van der Waals surface area contributed by atoms with Crippen molar-refractivity contribution in [1.29, 1.82) is 0 Å². The Balaban J connectivity index is 2.37. The lowest BCUT2D eigenvalue weighted by molar-refractivity contribution is 0.0980. The first-order valence-electron chi connectivity index (χ1n) is 6.51. The first kappa shape index (κ1) is 15.2. The van der Waals surface area contributed by atoms with Crippen LogP contribution < -0.4 is 4.72 Å². The van der Waals surface area contributed by atoms with E-state index in [-0.39, 0.29) is 17.1 Å². The van der Waals surface area contributed by atoms with Gasteiger partial charge in [0, 0.05) is 5.56 Å². The Kier molecular flexibility index (Phi) is 4.42. The Morgan fingerprint density at radius 1 is 1.29 bits per heavy atom. The molecule has 2 aromatic rings. The van der Waals surface area contributed by atoms with Crippen LogP contribution in [-0.2, 0) is 10.0 Å². The highest BCUT2D eigenvalue weighted by molar-refractivity contribution is 7.90. The monoisotopic (exact) mass is 308 g/mol. The summed E-state index contributed by atoms with van der Waals surface area (Å²) in [7, 11) is -3.64. The first-order chi connectivity index (χ1) is 9.94. The summed E-state index contributed by atoms with van der Waals surface area (Å²) >= 11 is 0. The highest BCUT2D eigenvalue weighted by Gasteiger charge is 2.24. The van der Waals surface area contributed by atoms with Gasteiger partial charge in [0.2, 0.25) is 10.0 Å². The van der Waals surface area contributed by atoms with Gasteiger partial charge in [-0.3, -0.25) is 4.79 Å². The molecule has 1 amide bonds. The van der Waals surface area contributed by atoms with Crippen molar-refractivity contribution in [2.45, 2.75) is 20.3 Å². The lowest BCUT2D eigenvalue weighted by Crippen LogP contribution is -2.32. The Bertz CT molecular complexity index is 736. The molecule has 1 aromatic heterocycles. The molecule has 0 aliphatic heterocycles. The fourth-order valence-electron chi connectivity index (χ4n) is 1.94. The molecule has 0 spiro atoms. The van der Waals surface area contributed by atoms with Crippen molar-refractivity contribution in [3.8, 4) is 11.3 Å². The second-order valence-electron chi connectivity index (χ2n) is 4.58. The maximum Gasteiger partial charge on any atom is 0.270 e. The summed E-state index contributed by atoms with van der Waals surface area (Å²) in [6, 6.07) is 8.98. The van der Waals surface area contributed by atoms with Crippen molar-refractivity contribution >= 4 is 15.9 Å². The smallest absolute Gasteiger partial charge is 0.270 e. The number of hydrogen-bond donors (Lipinski definition) is 1. The van der Waals surface area contributed by atoms with E-state index in [4.69, 9.17) is 4.52 Å². The van der Waals surface area contributed by atoms with Crippen molar-refractivity contribution in [2.24, 2.45) is 0 Å². The van der Waals surface area contributed by atoms with E-state index in [1.54, 1.807) is 38.1 Å². The van der Waals surface area contributed by atoms with Gasteiger partial charge in [0.25, 0.3) is 5.91 Å². The Morgan fingerprint density at radius 3 is 2.57 bits per heavy atom. The third-order valence-electron chi connectivity index (χ3n) is 2.86. The minimum Gasteiger partial charge on any atom is -0.360 e. The highest BCUT2D eigenvalue weighted by atomic mass is 32.2. The van der Waals surface area contributed by atoms with Gasteiger partial charge in [0.1, 0.15) is 17.0 Å². The fourth-order valence-corrected chi connectivity index (χ4v) is 2.97. The molecule has 21 heavy (non-hydrogen) atoms. The molecule has 0 aliphatic rings. The maximum absolute atomic E-state index is 12.2. The molecule has 0 atom stereocenters. The van der Waals surface area contributed by atoms with Crippen molar-refractivity contribution < 1.29 is 17.7 Å². The van der Waals surface area contributed by atoms with Crippen molar-refractivity contribution in [2.75, 3.05) is 5.75 Å². The second-order valence-corrected chi connectivity index (χ2v) is 6.42. The largest absolute Gasteiger partial charge is 0.360 e. The van der Waals surface area contributed by atoms with Crippen LogP contribution in [0.25, 0.3) is 11.3 Å². The standard InChI is InChI=1S/C14H16N2O4S/c1-3-9-21(18,19)16-14(17)12-10(2)20-15-13(12)11-7-5-4-6-8-11/h4-8H,3,9H2,1-2H3,(H,16,17). The van der Waals surface area contributed by atoms with Crippen LogP contribution in [0.3, 0.4) is 0 Å². The van der Waals surface area contributed by atoms with Gasteiger partial charge in [-0.1, -0.05) is 42.4 Å². The van der Waals surface area contributed by atoms with Crippen LogP contribution in [0.2, 0.25) is 0 Å². The van der Waals surface area contributed by atoms with E-state index in [1.165, 1.54) is 0 Å². The molecule has 0 bridgehead atoms. The normalized spacial score (nSPS) is 11.3. The minimum absolute atomic E-state index is 0.107. The van der Waals surface area contributed by atoms with Crippen LogP contribution >= 0.6 is 0 Å². The molecule has 0 saturated heterocycles. The van der Waals surface area contributed by atoms with Crippen molar-refractivity contribution in [1.82, 2.24) is 9.88 Å². The van der Waals surface area contributed by atoms with E-state index in [1.807, 2.05) is 10.8 Å². The zero-order valence-corrected chi connectivity index (χ0v) is 12.6. The quantitative estimate of drug-likeness (QED) is 0.914. The number of hydrogen-bond acceptors (Lipinski definition) is 5. The second kappa shape index (κ2) is 6.09. The molecule has 7 heteroatoms. The van der Waals surface area contributed by atoms with Gasteiger partial charge in [-0.05, 0) is 13.3 Å². The number of aryl methyl sites for hydroxylation is 1. The predicted octanol–water partition coefficient (Wildman–Crippen LogP) is 2.12. The third-order valence-corrected chi connectivity index (χ3v) is 4.30. The number of nitrogens with zero attached hydrogens (tertiary/aromatic N) is 1. The van der Waals surface area contributed by atoms with Gasteiger partial charge < -0.3 is 4.52 Å². The molecule has 1 heterocycles. The molecule has 0 radical (unpaired) electrons. The summed E-state index contributed by atoms with van der Waals surface area (Å²) in [5, 5.41) is 3.85. The van der Waals surface area contributed by atoms with E-state index < -0.39 is 15.9 Å². The van der Waals surface area contributed by atoms with Gasteiger partial charge in [0.15, 0.2) is 0 Å². The van der Waals surface area contributed by atoms with E-state index in [2.05, 4.69) is 5.16 Å². The number of sulfonamides is 1. The minimum atomic E-state index is -3.64. The molecule has 1 N–H and O–H groups in total. The average molecular weight is 308 g/mol. The van der Waals surface area contributed by atoms with E-state index in [0.29, 0.717) is 17.7 Å². The maximum atomic E-state index is 12.2. The van der Waals surface area contributed by atoms with E-state index in [9.17, 15) is 13.2 Å². The number of nitrogens with one attached hydrogen (secondary N) is 1. The first-order valence-corrected chi connectivity index (χ1v) is 8.16. The van der Waals surface area contributed by atoms with Gasteiger partial charge in [-0.25, -0.2) is 13.1 Å². The molecular weight excluding hydrogens is 292 g/mol. The lowest BCUT2D eigenvalue weighted by Gasteiger charge is -2.06. The SMILES string of the molecule is CCCS(=O)(=O)NC(=O)c1c(-c2ccccc2)noc1C. The van der Waals surface area contributed by atoms with Crippen molar-refractivity contribution in [3.63, 3.8) is 0 Å². The molecule has 0 fully saturated rings. The van der Waals surface area contributed by atoms with Crippen molar-refractivity contribution in [3.05, 3.63) is 41.7 Å². The Hall–Kier alpha value is -2.15. The summed E-state index contributed by atoms with van der Waals surface area (Å²) in [6.45, 7) is 3.30.